The fourth-order valence-electron chi connectivity index (χ4n) is 1.51. The van der Waals surface area contributed by atoms with Crippen LogP contribution in [-0.2, 0) is 4.74 Å². The average Bonchev–Trinajstić information content (AvgIpc) is 2.43. The predicted octanol–water partition coefficient (Wildman–Crippen LogP) is 2.03. The smallest absolute Gasteiger partial charge is 0.339 e. The molecule has 1 rings (SSSR count). The minimum atomic E-state index is -0.458. The van der Waals surface area contributed by atoms with Gasteiger partial charge in [0, 0.05) is 13.6 Å². The second-order valence-electron chi connectivity index (χ2n) is 3.80. The van der Waals surface area contributed by atoms with Crippen molar-refractivity contribution >= 4 is 17.7 Å². The summed E-state index contributed by atoms with van der Waals surface area (Å²) in [6, 6.07) is 6.59. The molecule has 0 saturated heterocycles. The van der Waals surface area contributed by atoms with Crippen molar-refractivity contribution in [2.24, 2.45) is 0 Å². The van der Waals surface area contributed by atoms with E-state index in [-0.39, 0.29) is 6.03 Å². The van der Waals surface area contributed by atoms with Crippen molar-refractivity contribution < 1.29 is 14.3 Å². The second-order valence-corrected chi connectivity index (χ2v) is 3.80. The summed E-state index contributed by atoms with van der Waals surface area (Å²) in [5.74, 6) is -0.458. The lowest BCUT2D eigenvalue weighted by atomic mass is 10.1. The van der Waals surface area contributed by atoms with Gasteiger partial charge < -0.3 is 10.1 Å². The lowest BCUT2D eigenvalue weighted by molar-refractivity contribution is 0.0601. The molecular weight excluding hydrogens is 232 g/mol. The van der Waals surface area contributed by atoms with Crippen molar-refractivity contribution in [3.63, 3.8) is 0 Å². The predicted molar refractivity (Wildman–Crippen MR) is 69.9 cm³/mol. The Balaban J connectivity index is 2.94. The molecule has 5 nitrogen and oxygen atoms in total. The van der Waals surface area contributed by atoms with Crippen LogP contribution in [0.25, 0.3) is 0 Å². The van der Waals surface area contributed by atoms with Crippen molar-refractivity contribution in [3.8, 4) is 0 Å². The molecule has 98 valence electrons. The number of carbonyl (C=O) groups excluding carboxylic acids is 2. The molecule has 2 amide bonds. The van der Waals surface area contributed by atoms with Crippen LogP contribution >= 0.6 is 0 Å². The van der Waals surface area contributed by atoms with Crippen molar-refractivity contribution in [1.82, 2.24) is 5.32 Å². The number of methoxy groups -OCH3 is 1. The number of ether oxygens (including phenoxy) is 1. The fourth-order valence-corrected chi connectivity index (χ4v) is 1.51. The number of para-hydroxylation sites is 1. The van der Waals surface area contributed by atoms with Crippen LogP contribution in [0.4, 0.5) is 10.5 Å². The molecule has 1 aromatic rings. The molecule has 0 unspecified atom stereocenters. The summed E-state index contributed by atoms with van der Waals surface area (Å²) in [5.41, 5.74) is 0.895. The molecule has 0 atom stereocenters. The summed E-state index contributed by atoms with van der Waals surface area (Å²) < 4.78 is 4.69. The normalized spacial score (nSPS) is 9.72. The molecule has 0 saturated carbocycles. The monoisotopic (exact) mass is 250 g/mol. The Morgan fingerprint density at radius 1 is 1.33 bits per heavy atom. The Hall–Kier alpha value is -2.04. The SMILES string of the molecule is CCCNC(=O)N(C)c1ccccc1C(=O)OC. The molecule has 0 aliphatic rings. The van der Waals surface area contributed by atoms with E-state index in [4.69, 9.17) is 4.74 Å². The number of rotatable bonds is 4. The standard InChI is InChI=1S/C13H18N2O3/c1-4-9-14-13(17)15(2)11-8-6-5-7-10(11)12(16)18-3/h5-8H,4,9H2,1-3H3,(H,14,17). The third-order valence-corrected chi connectivity index (χ3v) is 2.50. The number of esters is 1. The van der Waals surface area contributed by atoms with Crippen LogP contribution in [0.5, 0.6) is 0 Å². The van der Waals surface area contributed by atoms with Gasteiger partial charge in [0.15, 0.2) is 0 Å². The van der Waals surface area contributed by atoms with Gasteiger partial charge in [0.05, 0.1) is 18.4 Å². The third-order valence-electron chi connectivity index (χ3n) is 2.50. The Kier molecular flexibility index (Phi) is 5.17. The lowest BCUT2D eigenvalue weighted by Crippen LogP contribution is -2.38. The number of urea groups is 1. The number of hydrogen-bond acceptors (Lipinski definition) is 3. The molecule has 1 aromatic carbocycles. The first-order valence-corrected chi connectivity index (χ1v) is 5.80. The molecule has 0 aliphatic heterocycles. The third kappa shape index (κ3) is 3.23. The zero-order valence-corrected chi connectivity index (χ0v) is 10.9. The van der Waals surface area contributed by atoms with E-state index >= 15 is 0 Å². The maximum Gasteiger partial charge on any atom is 0.339 e. The quantitative estimate of drug-likeness (QED) is 0.832. The van der Waals surface area contributed by atoms with Crippen LogP contribution in [0, 0.1) is 0 Å². The summed E-state index contributed by atoms with van der Waals surface area (Å²) in [6.45, 7) is 2.58. The van der Waals surface area contributed by atoms with Crippen molar-refractivity contribution in [3.05, 3.63) is 29.8 Å². The zero-order valence-electron chi connectivity index (χ0n) is 10.9. The van der Waals surface area contributed by atoms with Crippen LogP contribution < -0.4 is 10.2 Å². The van der Waals surface area contributed by atoms with Gasteiger partial charge in [-0.15, -0.1) is 0 Å². The van der Waals surface area contributed by atoms with E-state index in [0.29, 0.717) is 17.8 Å². The molecule has 0 spiro atoms. The Bertz CT molecular complexity index is 432. The minimum Gasteiger partial charge on any atom is -0.465 e. The largest absolute Gasteiger partial charge is 0.465 e. The van der Waals surface area contributed by atoms with Gasteiger partial charge in [-0.25, -0.2) is 9.59 Å². The number of nitrogens with one attached hydrogen (secondary N) is 1. The Morgan fingerprint density at radius 2 is 2.00 bits per heavy atom. The summed E-state index contributed by atoms with van der Waals surface area (Å²) in [6.07, 6.45) is 0.859. The van der Waals surface area contributed by atoms with Crippen LogP contribution in [0.15, 0.2) is 24.3 Å². The highest BCUT2D eigenvalue weighted by molar-refractivity contribution is 6.01. The molecule has 0 fully saturated rings. The van der Waals surface area contributed by atoms with Gasteiger partial charge in [0.25, 0.3) is 0 Å². The van der Waals surface area contributed by atoms with E-state index in [1.54, 1.807) is 31.3 Å². The van der Waals surface area contributed by atoms with Crippen molar-refractivity contribution in [2.75, 3.05) is 25.6 Å². The van der Waals surface area contributed by atoms with Gasteiger partial charge in [-0.2, -0.15) is 0 Å². The molecule has 0 heterocycles. The summed E-state index contributed by atoms with van der Waals surface area (Å²) in [7, 11) is 2.93. The number of benzene rings is 1. The van der Waals surface area contributed by atoms with Crippen molar-refractivity contribution in [1.29, 1.82) is 0 Å². The average molecular weight is 250 g/mol. The van der Waals surface area contributed by atoms with E-state index in [0.717, 1.165) is 6.42 Å². The maximum absolute atomic E-state index is 11.8. The second kappa shape index (κ2) is 6.64. The highest BCUT2D eigenvalue weighted by Crippen LogP contribution is 2.19. The van der Waals surface area contributed by atoms with Gasteiger partial charge in [-0.1, -0.05) is 19.1 Å². The van der Waals surface area contributed by atoms with Crippen LogP contribution in [0.1, 0.15) is 23.7 Å². The van der Waals surface area contributed by atoms with Gasteiger partial charge in [0.2, 0.25) is 0 Å². The maximum atomic E-state index is 11.8. The zero-order chi connectivity index (χ0) is 13.5. The molecular formula is C13H18N2O3. The van der Waals surface area contributed by atoms with Gasteiger partial charge in [-0.05, 0) is 18.6 Å². The highest BCUT2D eigenvalue weighted by atomic mass is 16.5. The molecule has 0 radical (unpaired) electrons. The molecule has 0 bridgehead atoms. The topological polar surface area (TPSA) is 58.6 Å². The number of amides is 2. The fraction of sp³-hybridized carbons (Fsp3) is 0.385. The summed E-state index contributed by atoms with van der Waals surface area (Å²) in [4.78, 5) is 24.8. The van der Waals surface area contributed by atoms with Crippen molar-refractivity contribution in [2.45, 2.75) is 13.3 Å². The molecule has 0 aromatic heterocycles. The summed E-state index contributed by atoms with van der Waals surface area (Å²) >= 11 is 0. The first kappa shape index (κ1) is 14.0. The van der Waals surface area contributed by atoms with Gasteiger partial charge in [0.1, 0.15) is 0 Å². The van der Waals surface area contributed by atoms with Crippen LogP contribution in [0.2, 0.25) is 0 Å². The van der Waals surface area contributed by atoms with E-state index in [1.165, 1.54) is 12.0 Å². The first-order valence-electron chi connectivity index (χ1n) is 5.80. The van der Waals surface area contributed by atoms with E-state index < -0.39 is 5.97 Å². The molecule has 0 aliphatic carbocycles. The van der Waals surface area contributed by atoms with Crippen LogP contribution in [-0.4, -0.2) is 32.7 Å². The lowest BCUT2D eigenvalue weighted by Gasteiger charge is -2.20. The Labute approximate surface area is 107 Å². The number of anilines is 1. The van der Waals surface area contributed by atoms with E-state index in [1.807, 2.05) is 6.92 Å². The number of nitrogens with zero attached hydrogens (tertiary/aromatic N) is 1. The molecule has 18 heavy (non-hydrogen) atoms. The molecule has 1 N–H and O–H groups in total. The van der Waals surface area contributed by atoms with E-state index in [9.17, 15) is 9.59 Å². The summed E-state index contributed by atoms with van der Waals surface area (Å²) in [5, 5.41) is 2.75. The number of carbonyl (C=O) groups is 2. The minimum absolute atomic E-state index is 0.242. The van der Waals surface area contributed by atoms with Gasteiger partial charge >= 0.3 is 12.0 Å². The molecule has 5 heteroatoms. The van der Waals surface area contributed by atoms with Crippen LogP contribution in [0.3, 0.4) is 0 Å². The Morgan fingerprint density at radius 3 is 2.61 bits per heavy atom. The number of hydrogen-bond donors (Lipinski definition) is 1. The van der Waals surface area contributed by atoms with Gasteiger partial charge in [-0.3, -0.25) is 4.90 Å². The first-order chi connectivity index (χ1) is 8.61. The highest BCUT2D eigenvalue weighted by Gasteiger charge is 2.17. The van der Waals surface area contributed by atoms with E-state index in [2.05, 4.69) is 5.32 Å².